The summed E-state index contributed by atoms with van der Waals surface area (Å²) in [4.78, 5) is 0. The van der Waals surface area contributed by atoms with Gasteiger partial charge >= 0.3 is 0 Å². The van der Waals surface area contributed by atoms with Gasteiger partial charge in [0, 0.05) is 11.6 Å². The highest BCUT2D eigenvalue weighted by Crippen LogP contribution is 2.24. The fourth-order valence-corrected chi connectivity index (χ4v) is 2.71. The molecule has 0 saturated carbocycles. The highest BCUT2D eigenvalue weighted by atomic mass is 35.5. The van der Waals surface area contributed by atoms with Crippen molar-refractivity contribution >= 4 is 11.6 Å². The van der Waals surface area contributed by atoms with E-state index < -0.39 is 5.54 Å². The topological polar surface area (TPSA) is 72.2 Å². The molecule has 7 heteroatoms. The van der Waals surface area contributed by atoms with E-state index in [2.05, 4.69) is 15.6 Å². The lowest BCUT2D eigenvalue weighted by Gasteiger charge is -2.34. The second kappa shape index (κ2) is 6.34. The van der Waals surface area contributed by atoms with Gasteiger partial charge in [0.1, 0.15) is 11.2 Å². The Kier molecular flexibility index (Phi) is 4.44. The van der Waals surface area contributed by atoms with E-state index in [0.717, 1.165) is 5.56 Å². The van der Waals surface area contributed by atoms with Gasteiger partial charge in [0.25, 0.3) is 0 Å². The highest BCUT2D eigenvalue weighted by molar-refractivity contribution is 6.30. The summed E-state index contributed by atoms with van der Waals surface area (Å²) < 4.78 is 7.27. The van der Waals surface area contributed by atoms with Gasteiger partial charge in [-0.15, -0.1) is 5.10 Å². The standard InChI is InChI=1S/C15H19ClN4O2/c1-11(12-2-4-13(16)5-3-12)20-8-14(18-19-20)15(9-21)10-22-7-6-17-15/h2-5,8,11,17,21H,6-7,9-10H2,1H3/t11-,15?/m0/s1. The molecule has 1 fully saturated rings. The third kappa shape index (κ3) is 2.87. The summed E-state index contributed by atoms with van der Waals surface area (Å²) in [6.07, 6.45) is 1.86. The van der Waals surface area contributed by atoms with Gasteiger partial charge in [-0.2, -0.15) is 0 Å². The lowest BCUT2D eigenvalue weighted by Crippen LogP contribution is -2.54. The summed E-state index contributed by atoms with van der Waals surface area (Å²) in [7, 11) is 0. The van der Waals surface area contributed by atoms with E-state index in [0.29, 0.717) is 30.5 Å². The Morgan fingerprint density at radius 1 is 1.45 bits per heavy atom. The second-order valence-corrected chi connectivity index (χ2v) is 5.97. The van der Waals surface area contributed by atoms with Crippen molar-refractivity contribution in [2.75, 3.05) is 26.4 Å². The summed E-state index contributed by atoms with van der Waals surface area (Å²) >= 11 is 5.92. The van der Waals surface area contributed by atoms with Crippen LogP contribution in [0, 0.1) is 0 Å². The van der Waals surface area contributed by atoms with Crippen LogP contribution in [0.3, 0.4) is 0 Å². The predicted molar refractivity (Wildman–Crippen MR) is 82.9 cm³/mol. The molecule has 6 nitrogen and oxygen atoms in total. The van der Waals surface area contributed by atoms with Crippen LogP contribution in [0.1, 0.15) is 24.2 Å². The molecule has 1 saturated heterocycles. The summed E-state index contributed by atoms with van der Waals surface area (Å²) in [5.74, 6) is 0. The van der Waals surface area contributed by atoms with E-state index in [1.54, 1.807) is 4.68 Å². The van der Waals surface area contributed by atoms with Gasteiger partial charge < -0.3 is 9.84 Å². The summed E-state index contributed by atoms with van der Waals surface area (Å²) in [6.45, 7) is 3.66. The number of benzene rings is 1. The number of hydrogen-bond donors (Lipinski definition) is 2. The Balaban J connectivity index is 1.85. The first-order valence-corrected chi connectivity index (χ1v) is 7.64. The molecule has 118 valence electrons. The average Bonchev–Trinajstić information content (AvgIpc) is 3.06. The Hall–Kier alpha value is -1.47. The minimum Gasteiger partial charge on any atom is -0.394 e. The Morgan fingerprint density at radius 2 is 2.23 bits per heavy atom. The third-order valence-corrected chi connectivity index (χ3v) is 4.33. The quantitative estimate of drug-likeness (QED) is 0.889. The molecule has 0 radical (unpaired) electrons. The molecule has 0 spiro atoms. The van der Waals surface area contributed by atoms with Crippen LogP contribution in [0.25, 0.3) is 0 Å². The maximum atomic E-state index is 9.76. The number of nitrogens with zero attached hydrogens (tertiary/aromatic N) is 3. The van der Waals surface area contributed by atoms with E-state index in [9.17, 15) is 5.11 Å². The number of aliphatic hydroxyl groups excluding tert-OH is 1. The van der Waals surface area contributed by atoms with Crippen LogP contribution in [0.2, 0.25) is 5.02 Å². The molecule has 2 aromatic rings. The monoisotopic (exact) mass is 322 g/mol. The number of morpholine rings is 1. The Bertz CT molecular complexity index is 623. The van der Waals surface area contributed by atoms with Crippen LogP contribution >= 0.6 is 11.6 Å². The third-order valence-electron chi connectivity index (χ3n) is 4.08. The van der Waals surface area contributed by atoms with Crippen molar-refractivity contribution in [3.05, 3.63) is 46.7 Å². The molecule has 3 rings (SSSR count). The highest BCUT2D eigenvalue weighted by Gasteiger charge is 2.37. The van der Waals surface area contributed by atoms with E-state index in [-0.39, 0.29) is 12.6 Å². The number of aliphatic hydroxyl groups is 1. The largest absolute Gasteiger partial charge is 0.394 e. The van der Waals surface area contributed by atoms with Crippen LogP contribution in [0.4, 0.5) is 0 Å². The normalized spacial score (nSPS) is 23.4. The van der Waals surface area contributed by atoms with Gasteiger partial charge in [-0.1, -0.05) is 28.9 Å². The van der Waals surface area contributed by atoms with Crippen molar-refractivity contribution in [3.63, 3.8) is 0 Å². The Labute approximate surface area is 134 Å². The van der Waals surface area contributed by atoms with Gasteiger partial charge in [-0.05, 0) is 24.6 Å². The van der Waals surface area contributed by atoms with E-state index in [1.807, 2.05) is 37.4 Å². The van der Waals surface area contributed by atoms with Gasteiger partial charge in [0.15, 0.2) is 0 Å². The first-order valence-electron chi connectivity index (χ1n) is 7.26. The molecule has 2 heterocycles. The molecule has 0 amide bonds. The molecule has 0 bridgehead atoms. The van der Waals surface area contributed by atoms with E-state index in [4.69, 9.17) is 16.3 Å². The fourth-order valence-electron chi connectivity index (χ4n) is 2.59. The number of rotatable bonds is 4. The molecule has 2 atom stereocenters. The van der Waals surface area contributed by atoms with Gasteiger partial charge in [0.05, 0.1) is 32.1 Å². The zero-order valence-corrected chi connectivity index (χ0v) is 13.1. The molecule has 0 aliphatic carbocycles. The van der Waals surface area contributed by atoms with Crippen LogP contribution < -0.4 is 5.32 Å². The lowest BCUT2D eigenvalue weighted by molar-refractivity contribution is -0.00543. The van der Waals surface area contributed by atoms with Gasteiger partial charge in [-0.25, -0.2) is 4.68 Å². The van der Waals surface area contributed by atoms with Crippen LogP contribution in [0.5, 0.6) is 0 Å². The number of hydrogen-bond acceptors (Lipinski definition) is 5. The predicted octanol–water partition coefficient (Wildman–Crippen LogP) is 1.35. The molecule has 22 heavy (non-hydrogen) atoms. The molecule has 2 N–H and O–H groups in total. The van der Waals surface area contributed by atoms with Crippen LogP contribution in [-0.2, 0) is 10.3 Å². The number of nitrogens with one attached hydrogen (secondary N) is 1. The second-order valence-electron chi connectivity index (χ2n) is 5.53. The van der Waals surface area contributed by atoms with Crippen molar-refractivity contribution < 1.29 is 9.84 Å². The summed E-state index contributed by atoms with van der Waals surface area (Å²) in [6, 6.07) is 7.68. The van der Waals surface area contributed by atoms with Gasteiger partial charge in [0.2, 0.25) is 0 Å². The minimum absolute atomic E-state index is 0.0266. The zero-order chi connectivity index (χ0) is 15.6. The molecule has 1 aliphatic heterocycles. The number of aromatic nitrogens is 3. The molecule has 1 aromatic carbocycles. The van der Waals surface area contributed by atoms with E-state index in [1.165, 1.54) is 0 Å². The zero-order valence-electron chi connectivity index (χ0n) is 12.4. The molecule has 1 aliphatic rings. The van der Waals surface area contributed by atoms with Gasteiger partial charge in [-0.3, -0.25) is 5.32 Å². The van der Waals surface area contributed by atoms with Crippen molar-refractivity contribution in [3.8, 4) is 0 Å². The Morgan fingerprint density at radius 3 is 2.86 bits per heavy atom. The summed E-state index contributed by atoms with van der Waals surface area (Å²) in [5, 5.41) is 22.2. The summed E-state index contributed by atoms with van der Waals surface area (Å²) in [5.41, 5.74) is 1.11. The average molecular weight is 323 g/mol. The van der Waals surface area contributed by atoms with Crippen molar-refractivity contribution in [2.45, 2.75) is 18.5 Å². The molecular weight excluding hydrogens is 304 g/mol. The molecule has 1 unspecified atom stereocenters. The number of halogens is 1. The van der Waals surface area contributed by atoms with E-state index >= 15 is 0 Å². The SMILES string of the molecule is C[C@@H](c1ccc(Cl)cc1)n1cc(C2(CO)COCCN2)nn1. The minimum atomic E-state index is -0.670. The van der Waals surface area contributed by atoms with Crippen molar-refractivity contribution in [1.82, 2.24) is 20.3 Å². The first-order chi connectivity index (χ1) is 10.6. The smallest absolute Gasteiger partial charge is 0.111 e. The molecular formula is C15H19ClN4O2. The van der Waals surface area contributed by atoms with Crippen molar-refractivity contribution in [1.29, 1.82) is 0 Å². The maximum absolute atomic E-state index is 9.76. The maximum Gasteiger partial charge on any atom is 0.111 e. The van der Waals surface area contributed by atoms with Crippen LogP contribution in [-0.4, -0.2) is 46.5 Å². The van der Waals surface area contributed by atoms with Crippen LogP contribution in [0.15, 0.2) is 30.5 Å². The molecule has 1 aromatic heterocycles. The number of ether oxygens (including phenoxy) is 1. The fraction of sp³-hybridized carbons (Fsp3) is 0.467. The van der Waals surface area contributed by atoms with Crippen molar-refractivity contribution in [2.24, 2.45) is 0 Å². The lowest BCUT2D eigenvalue weighted by atomic mass is 9.97. The first kappa shape index (κ1) is 15.4.